The van der Waals surface area contributed by atoms with Crippen molar-refractivity contribution in [2.24, 2.45) is 5.41 Å². The highest BCUT2D eigenvalue weighted by Crippen LogP contribution is 2.54. The van der Waals surface area contributed by atoms with Crippen molar-refractivity contribution in [1.29, 1.82) is 0 Å². The Kier molecular flexibility index (Phi) is 6.85. The molecule has 0 saturated carbocycles. The van der Waals surface area contributed by atoms with Crippen LogP contribution in [0.15, 0.2) is 71.6 Å². The summed E-state index contributed by atoms with van der Waals surface area (Å²) in [6.45, 7) is 8.59. The Labute approximate surface area is 211 Å². The summed E-state index contributed by atoms with van der Waals surface area (Å²) in [5, 5.41) is 19.9. The predicted molar refractivity (Wildman–Crippen MR) is 140 cm³/mol. The van der Waals surface area contributed by atoms with E-state index >= 15 is 0 Å². The molecule has 184 valence electrons. The number of phenols is 2. The molecule has 0 aromatic heterocycles. The average Bonchev–Trinajstić information content (AvgIpc) is 3.25. The number of ether oxygens (including phenoxy) is 2. The summed E-state index contributed by atoms with van der Waals surface area (Å²) in [6, 6.07) is 20.6. The van der Waals surface area contributed by atoms with E-state index in [-0.39, 0.29) is 22.9 Å². The number of rotatable bonds is 7. The molecule has 3 atom stereocenters. The maximum Gasteiger partial charge on any atom is 0.140 e. The summed E-state index contributed by atoms with van der Waals surface area (Å²) in [7, 11) is 0. The van der Waals surface area contributed by atoms with Gasteiger partial charge in [0, 0.05) is 13.1 Å². The lowest BCUT2D eigenvalue weighted by molar-refractivity contribution is 0.190. The molecule has 35 heavy (non-hydrogen) atoms. The molecule has 0 bridgehead atoms. The van der Waals surface area contributed by atoms with E-state index in [0.29, 0.717) is 12.0 Å². The lowest BCUT2D eigenvalue weighted by Crippen LogP contribution is -2.28. The lowest BCUT2D eigenvalue weighted by atomic mass is 9.87. The quantitative estimate of drug-likeness (QED) is 0.390. The van der Waals surface area contributed by atoms with Crippen LogP contribution in [0.3, 0.4) is 0 Å². The fourth-order valence-corrected chi connectivity index (χ4v) is 6.24. The summed E-state index contributed by atoms with van der Waals surface area (Å²) in [6.07, 6.45) is 2.24. The number of fused-ring (bicyclic) bond motifs is 1. The van der Waals surface area contributed by atoms with Crippen molar-refractivity contribution >= 4 is 11.8 Å². The van der Waals surface area contributed by atoms with Crippen molar-refractivity contribution in [3.63, 3.8) is 0 Å². The molecule has 3 aromatic rings. The van der Waals surface area contributed by atoms with E-state index in [4.69, 9.17) is 9.47 Å². The first-order valence-corrected chi connectivity index (χ1v) is 13.2. The molecule has 2 N–H and O–H groups in total. The highest BCUT2D eigenvalue weighted by atomic mass is 32.2. The van der Waals surface area contributed by atoms with Crippen molar-refractivity contribution in [2.75, 3.05) is 26.2 Å². The van der Waals surface area contributed by atoms with Gasteiger partial charge in [-0.25, -0.2) is 0 Å². The smallest absolute Gasteiger partial charge is 0.140 e. The number of benzene rings is 3. The number of hydrogen-bond donors (Lipinski definition) is 2. The van der Waals surface area contributed by atoms with Crippen LogP contribution in [0.4, 0.5) is 0 Å². The Morgan fingerprint density at radius 3 is 2.57 bits per heavy atom. The van der Waals surface area contributed by atoms with Gasteiger partial charge in [-0.05, 0) is 78.4 Å². The zero-order valence-electron chi connectivity index (χ0n) is 20.3. The second-order valence-corrected chi connectivity index (χ2v) is 11.1. The van der Waals surface area contributed by atoms with Gasteiger partial charge >= 0.3 is 0 Å². The monoisotopic (exact) mass is 491 g/mol. The van der Waals surface area contributed by atoms with Crippen LogP contribution in [0.5, 0.6) is 23.0 Å². The standard InChI is InChI=1S/C29H33NO4S/c1-3-29(2)13-14-30(19-29)15-16-33-24-10-7-20(8-11-24)27-28(21-5-4-6-22(31)17-21)35-26-18-23(32)9-12-25(26)34-27/h4-12,17-18,27-28,31-32H,3,13-16,19H2,1-2H3/t27-,28+,29-/m0/s1. The van der Waals surface area contributed by atoms with Gasteiger partial charge in [0.2, 0.25) is 0 Å². The molecular weight excluding hydrogens is 458 g/mol. The lowest BCUT2D eigenvalue weighted by Gasteiger charge is -2.34. The molecule has 3 aromatic carbocycles. The van der Waals surface area contributed by atoms with Crippen molar-refractivity contribution in [3.8, 4) is 23.0 Å². The second kappa shape index (κ2) is 10.0. The third-order valence-corrected chi connectivity index (χ3v) is 8.63. The number of aromatic hydroxyl groups is 2. The zero-order chi connectivity index (χ0) is 24.4. The predicted octanol–water partition coefficient (Wildman–Crippen LogP) is 6.57. The van der Waals surface area contributed by atoms with Crippen LogP contribution in [-0.4, -0.2) is 41.4 Å². The van der Waals surface area contributed by atoms with Crippen molar-refractivity contribution in [2.45, 2.75) is 42.9 Å². The molecule has 2 aliphatic heterocycles. The Bertz CT molecular complexity index is 1170. The van der Waals surface area contributed by atoms with E-state index in [1.165, 1.54) is 12.8 Å². The molecule has 2 aliphatic rings. The first-order chi connectivity index (χ1) is 16.9. The Hall–Kier alpha value is -2.83. The third kappa shape index (κ3) is 5.39. The third-order valence-electron chi connectivity index (χ3n) is 7.28. The maximum atomic E-state index is 10.1. The van der Waals surface area contributed by atoms with Gasteiger partial charge in [-0.3, -0.25) is 4.90 Å². The van der Waals surface area contributed by atoms with Crippen LogP contribution in [0.25, 0.3) is 0 Å². The summed E-state index contributed by atoms with van der Waals surface area (Å²) in [5.41, 5.74) is 2.46. The Morgan fingerprint density at radius 2 is 1.83 bits per heavy atom. The van der Waals surface area contributed by atoms with Gasteiger partial charge in [-0.15, -0.1) is 11.8 Å². The van der Waals surface area contributed by atoms with Gasteiger partial charge in [0.15, 0.2) is 0 Å². The minimum absolute atomic E-state index is 0.0776. The van der Waals surface area contributed by atoms with E-state index in [0.717, 1.165) is 47.2 Å². The number of likely N-dealkylation sites (tertiary alicyclic amines) is 1. The van der Waals surface area contributed by atoms with Crippen molar-refractivity contribution in [3.05, 3.63) is 77.9 Å². The summed E-state index contributed by atoms with van der Waals surface area (Å²) >= 11 is 1.64. The molecule has 0 radical (unpaired) electrons. The van der Waals surface area contributed by atoms with Gasteiger partial charge < -0.3 is 19.7 Å². The Morgan fingerprint density at radius 1 is 1.03 bits per heavy atom. The van der Waals surface area contributed by atoms with Crippen LogP contribution in [0, 0.1) is 5.41 Å². The minimum atomic E-state index is -0.246. The normalized spacial score (nSPS) is 24.1. The fraction of sp³-hybridized carbons (Fsp3) is 0.379. The molecule has 0 unspecified atom stereocenters. The Balaban J connectivity index is 1.29. The molecular formula is C29H33NO4S. The average molecular weight is 492 g/mol. The topological polar surface area (TPSA) is 62.2 Å². The molecule has 5 nitrogen and oxygen atoms in total. The van der Waals surface area contributed by atoms with Crippen molar-refractivity contribution in [1.82, 2.24) is 4.90 Å². The van der Waals surface area contributed by atoms with E-state index < -0.39 is 0 Å². The maximum absolute atomic E-state index is 10.1. The highest BCUT2D eigenvalue weighted by molar-refractivity contribution is 7.99. The molecule has 0 amide bonds. The van der Waals surface area contributed by atoms with E-state index in [1.807, 2.05) is 30.3 Å². The fourth-order valence-electron chi connectivity index (χ4n) is 4.92. The molecule has 6 heteroatoms. The molecule has 2 heterocycles. The number of hydrogen-bond acceptors (Lipinski definition) is 6. The van der Waals surface area contributed by atoms with Gasteiger partial charge in [0.05, 0.1) is 10.1 Å². The van der Waals surface area contributed by atoms with Crippen LogP contribution in [0.1, 0.15) is 49.2 Å². The number of nitrogens with zero attached hydrogens (tertiary/aromatic N) is 1. The van der Waals surface area contributed by atoms with E-state index in [2.05, 4.69) is 30.9 Å². The van der Waals surface area contributed by atoms with Crippen LogP contribution in [-0.2, 0) is 0 Å². The van der Waals surface area contributed by atoms with Crippen LogP contribution < -0.4 is 9.47 Å². The first-order valence-electron chi connectivity index (χ1n) is 12.3. The molecule has 5 rings (SSSR count). The largest absolute Gasteiger partial charge is 0.508 e. The highest BCUT2D eigenvalue weighted by Gasteiger charge is 2.34. The summed E-state index contributed by atoms with van der Waals surface area (Å²) < 4.78 is 12.5. The van der Waals surface area contributed by atoms with Gasteiger partial charge in [0.1, 0.15) is 35.7 Å². The van der Waals surface area contributed by atoms with E-state index in [1.54, 1.807) is 36.0 Å². The van der Waals surface area contributed by atoms with Gasteiger partial charge in [0.25, 0.3) is 0 Å². The van der Waals surface area contributed by atoms with Gasteiger partial charge in [-0.1, -0.05) is 38.1 Å². The number of phenolic OH excluding ortho intramolecular Hbond substituents is 2. The zero-order valence-corrected chi connectivity index (χ0v) is 21.1. The van der Waals surface area contributed by atoms with Crippen LogP contribution >= 0.6 is 11.8 Å². The molecule has 1 fully saturated rings. The first kappa shape index (κ1) is 23.9. The molecule has 0 aliphatic carbocycles. The summed E-state index contributed by atoms with van der Waals surface area (Å²) in [4.78, 5) is 3.38. The van der Waals surface area contributed by atoms with Gasteiger partial charge in [-0.2, -0.15) is 0 Å². The van der Waals surface area contributed by atoms with E-state index in [9.17, 15) is 10.2 Å². The summed E-state index contributed by atoms with van der Waals surface area (Å²) in [5.74, 6) is 2.04. The molecule has 0 spiro atoms. The van der Waals surface area contributed by atoms with Crippen LogP contribution in [0.2, 0.25) is 0 Å². The molecule has 1 saturated heterocycles. The SMILES string of the molecule is CC[C@@]1(C)CCN(CCOc2ccc([C@@H]3Oc4ccc(O)cc4S[C@@H]3c3cccc(O)c3)cc2)C1. The second-order valence-electron chi connectivity index (χ2n) is 9.91. The minimum Gasteiger partial charge on any atom is -0.508 e. The number of thioether (sulfide) groups is 1. The van der Waals surface area contributed by atoms with Crippen molar-refractivity contribution < 1.29 is 19.7 Å².